The highest BCUT2D eigenvalue weighted by Gasteiger charge is 2.27. The second kappa shape index (κ2) is 7.35. The average molecular weight is 338 g/mol. The lowest BCUT2D eigenvalue weighted by atomic mass is 10.0. The number of nitrogens with zero attached hydrogens (tertiary/aromatic N) is 1. The van der Waals surface area contributed by atoms with Gasteiger partial charge in [-0.1, -0.05) is 17.7 Å². The van der Waals surface area contributed by atoms with Gasteiger partial charge in [0, 0.05) is 25.1 Å². The number of anilines is 1. The Kier molecular flexibility index (Phi) is 5.69. The van der Waals surface area contributed by atoms with Gasteiger partial charge in [-0.15, -0.1) is 0 Å². The van der Waals surface area contributed by atoms with E-state index in [9.17, 15) is 9.59 Å². The maximum absolute atomic E-state index is 11.8. The number of aldehydes is 1. The fraction of sp³-hybridized carbons (Fsp3) is 0.556. The Balaban J connectivity index is 1.92. The molecule has 23 heavy (non-hydrogen) atoms. The molecule has 0 N–H and O–H groups in total. The molecule has 1 atom stereocenters. The van der Waals surface area contributed by atoms with Crippen molar-refractivity contribution in [3.8, 4) is 0 Å². The van der Waals surface area contributed by atoms with Crippen molar-refractivity contribution < 1.29 is 14.3 Å². The Bertz CT molecular complexity index is 580. The van der Waals surface area contributed by atoms with Crippen LogP contribution in [0, 0.1) is 5.92 Å². The van der Waals surface area contributed by atoms with E-state index in [0.29, 0.717) is 22.9 Å². The molecule has 0 spiro atoms. The molecule has 1 aromatic rings. The quantitative estimate of drug-likeness (QED) is 0.599. The molecular weight excluding hydrogens is 314 g/mol. The van der Waals surface area contributed by atoms with Crippen molar-refractivity contribution in [1.29, 1.82) is 0 Å². The Labute approximate surface area is 142 Å². The monoisotopic (exact) mass is 337 g/mol. The van der Waals surface area contributed by atoms with Gasteiger partial charge in [-0.25, -0.2) is 0 Å². The lowest BCUT2D eigenvalue weighted by molar-refractivity contribution is -0.155. The molecule has 0 amide bonds. The summed E-state index contributed by atoms with van der Waals surface area (Å²) in [5.74, 6) is 0.264. The Morgan fingerprint density at radius 3 is 2.83 bits per heavy atom. The third-order valence-corrected chi connectivity index (χ3v) is 4.23. The zero-order valence-corrected chi connectivity index (χ0v) is 14.7. The van der Waals surface area contributed by atoms with Crippen LogP contribution in [0.2, 0.25) is 5.02 Å². The third kappa shape index (κ3) is 4.96. The molecule has 1 aromatic carbocycles. The second-order valence-electron chi connectivity index (χ2n) is 7.02. The first-order chi connectivity index (χ1) is 10.8. The molecule has 1 heterocycles. The minimum Gasteiger partial charge on any atom is -0.460 e. The van der Waals surface area contributed by atoms with Crippen LogP contribution < -0.4 is 4.90 Å². The summed E-state index contributed by atoms with van der Waals surface area (Å²) in [6, 6.07) is 5.37. The fourth-order valence-electron chi connectivity index (χ4n) is 2.95. The van der Waals surface area contributed by atoms with E-state index >= 15 is 0 Å². The van der Waals surface area contributed by atoms with Crippen molar-refractivity contribution in [2.75, 3.05) is 18.0 Å². The number of para-hydroxylation sites is 1. The predicted molar refractivity (Wildman–Crippen MR) is 92.2 cm³/mol. The third-order valence-electron chi connectivity index (χ3n) is 3.92. The normalized spacial score (nSPS) is 18.1. The summed E-state index contributed by atoms with van der Waals surface area (Å²) in [4.78, 5) is 25.2. The lowest BCUT2D eigenvalue weighted by Gasteiger charge is -2.22. The Morgan fingerprint density at radius 2 is 2.17 bits per heavy atom. The zero-order chi connectivity index (χ0) is 17.0. The van der Waals surface area contributed by atoms with Crippen molar-refractivity contribution in [3.63, 3.8) is 0 Å². The number of hydrogen-bond acceptors (Lipinski definition) is 4. The van der Waals surface area contributed by atoms with E-state index in [-0.39, 0.29) is 5.97 Å². The van der Waals surface area contributed by atoms with Gasteiger partial charge in [0.1, 0.15) is 5.60 Å². The van der Waals surface area contributed by atoms with Crippen molar-refractivity contribution in [2.24, 2.45) is 5.92 Å². The summed E-state index contributed by atoms with van der Waals surface area (Å²) < 4.78 is 5.34. The lowest BCUT2D eigenvalue weighted by Crippen LogP contribution is -2.24. The molecule has 1 saturated heterocycles. The molecule has 126 valence electrons. The van der Waals surface area contributed by atoms with Crippen LogP contribution in [-0.2, 0) is 9.53 Å². The molecule has 0 saturated carbocycles. The molecule has 1 aliphatic rings. The number of carbonyl (C=O) groups excluding carboxylic acids is 2. The predicted octanol–water partition coefficient (Wildman–Crippen LogP) is 4.10. The van der Waals surface area contributed by atoms with Crippen molar-refractivity contribution in [3.05, 3.63) is 28.8 Å². The molecule has 0 unspecified atom stereocenters. The van der Waals surface area contributed by atoms with Gasteiger partial charge in [-0.3, -0.25) is 9.59 Å². The van der Waals surface area contributed by atoms with Crippen molar-refractivity contribution >= 4 is 29.5 Å². The summed E-state index contributed by atoms with van der Waals surface area (Å²) in [6.07, 6.45) is 3.06. The van der Waals surface area contributed by atoms with Crippen LogP contribution in [-0.4, -0.2) is 30.9 Å². The molecule has 2 rings (SSSR count). The number of carbonyl (C=O) groups is 2. The van der Waals surface area contributed by atoms with E-state index in [2.05, 4.69) is 4.90 Å². The first-order valence-corrected chi connectivity index (χ1v) is 8.38. The molecule has 1 fully saturated rings. The minimum absolute atomic E-state index is 0.151. The van der Waals surface area contributed by atoms with E-state index < -0.39 is 5.60 Å². The van der Waals surface area contributed by atoms with E-state index in [4.69, 9.17) is 16.3 Å². The van der Waals surface area contributed by atoms with E-state index in [1.54, 1.807) is 18.2 Å². The standard InChI is InChI=1S/C18H24ClNO3/c1-18(2,3)23-16(22)8-7-13-9-10-20(11-13)17-14(12-21)5-4-6-15(17)19/h4-6,12-13H,7-11H2,1-3H3/t13-/m1/s1. The summed E-state index contributed by atoms with van der Waals surface area (Å²) >= 11 is 6.26. The molecule has 0 aliphatic carbocycles. The molecule has 0 bridgehead atoms. The fourth-order valence-corrected chi connectivity index (χ4v) is 3.25. The van der Waals surface area contributed by atoms with Gasteiger partial charge in [0.2, 0.25) is 0 Å². The highest BCUT2D eigenvalue weighted by molar-refractivity contribution is 6.33. The van der Waals surface area contributed by atoms with Gasteiger partial charge in [-0.05, 0) is 51.7 Å². The van der Waals surface area contributed by atoms with Crippen LogP contribution in [0.5, 0.6) is 0 Å². The number of ether oxygens (including phenoxy) is 1. The van der Waals surface area contributed by atoms with Crippen LogP contribution in [0.4, 0.5) is 5.69 Å². The summed E-state index contributed by atoms with van der Waals surface area (Å²) in [7, 11) is 0. The van der Waals surface area contributed by atoms with Gasteiger partial charge in [-0.2, -0.15) is 0 Å². The zero-order valence-electron chi connectivity index (χ0n) is 14.0. The SMILES string of the molecule is CC(C)(C)OC(=O)CC[C@@H]1CCN(c2c(Cl)cccc2C=O)C1. The molecule has 5 heteroatoms. The maximum Gasteiger partial charge on any atom is 0.306 e. The smallest absolute Gasteiger partial charge is 0.306 e. The van der Waals surface area contributed by atoms with Gasteiger partial charge in [0.15, 0.2) is 6.29 Å². The molecular formula is C18H24ClNO3. The number of benzene rings is 1. The molecule has 4 nitrogen and oxygen atoms in total. The van der Waals surface area contributed by atoms with Gasteiger partial charge in [0.05, 0.1) is 10.7 Å². The number of rotatable bonds is 5. The maximum atomic E-state index is 11.8. The highest BCUT2D eigenvalue weighted by Crippen LogP contribution is 2.34. The van der Waals surface area contributed by atoms with Crippen LogP contribution in [0.1, 0.15) is 50.4 Å². The Hall–Kier alpha value is -1.55. The molecule has 1 aliphatic heterocycles. The summed E-state index contributed by atoms with van der Waals surface area (Å²) in [6.45, 7) is 7.29. The second-order valence-corrected chi connectivity index (χ2v) is 7.43. The van der Waals surface area contributed by atoms with Gasteiger partial charge < -0.3 is 9.64 Å². The van der Waals surface area contributed by atoms with Gasteiger partial charge in [0.25, 0.3) is 0 Å². The van der Waals surface area contributed by atoms with E-state index in [1.807, 2.05) is 20.8 Å². The van der Waals surface area contributed by atoms with Crippen molar-refractivity contribution in [1.82, 2.24) is 0 Å². The number of esters is 1. The first kappa shape index (κ1) is 17.8. The topological polar surface area (TPSA) is 46.6 Å². The van der Waals surface area contributed by atoms with Crippen LogP contribution in [0.3, 0.4) is 0 Å². The summed E-state index contributed by atoms with van der Waals surface area (Å²) in [5, 5.41) is 0.599. The average Bonchev–Trinajstić information content (AvgIpc) is 2.91. The van der Waals surface area contributed by atoms with Crippen LogP contribution in [0.25, 0.3) is 0 Å². The Morgan fingerprint density at radius 1 is 1.43 bits per heavy atom. The van der Waals surface area contributed by atoms with Crippen LogP contribution >= 0.6 is 11.6 Å². The number of hydrogen-bond donors (Lipinski definition) is 0. The van der Waals surface area contributed by atoms with Crippen molar-refractivity contribution in [2.45, 2.75) is 45.6 Å². The summed E-state index contributed by atoms with van der Waals surface area (Å²) in [5.41, 5.74) is 0.990. The van der Waals surface area contributed by atoms with E-state index in [0.717, 1.165) is 37.9 Å². The minimum atomic E-state index is -0.435. The number of halogens is 1. The molecule has 0 radical (unpaired) electrons. The first-order valence-electron chi connectivity index (χ1n) is 8.00. The highest BCUT2D eigenvalue weighted by atomic mass is 35.5. The molecule has 0 aromatic heterocycles. The largest absolute Gasteiger partial charge is 0.460 e. The van der Waals surface area contributed by atoms with E-state index in [1.165, 1.54) is 0 Å². The van der Waals surface area contributed by atoms with Crippen LogP contribution in [0.15, 0.2) is 18.2 Å². The van der Waals surface area contributed by atoms with Gasteiger partial charge >= 0.3 is 5.97 Å².